The molecule has 2 nitrogen and oxygen atoms in total. The van der Waals surface area contributed by atoms with Crippen LogP contribution in [0, 0.1) is 5.82 Å². The molecule has 1 aliphatic heterocycles. The van der Waals surface area contributed by atoms with Crippen LogP contribution in [-0.4, -0.2) is 5.97 Å². The number of fused-ring (bicyclic) bond motifs is 1. The lowest BCUT2D eigenvalue weighted by molar-refractivity contribution is -0.126. The highest BCUT2D eigenvalue weighted by Crippen LogP contribution is 2.35. The summed E-state index contributed by atoms with van der Waals surface area (Å²) < 4.78 is 18.7. The smallest absolute Gasteiger partial charge is 0.344 e. The number of esters is 1. The Bertz CT molecular complexity index is 659. The van der Waals surface area contributed by atoms with Gasteiger partial charge in [-0.25, -0.2) is 9.18 Å². The zero-order chi connectivity index (χ0) is 12.5. The average Bonchev–Trinajstić information content (AvgIpc) is 2.69. The zero-order valence-electron chi connectivity index (χ0n) is 9.39. The number of hydrogen-bond donors (Lipinski definition) is 0. The first-order valence-corrected chi connectivity index (χ1v) is 5.53. The van der Waals surface area contributed by atoms with Crippen LogP contribution in [0.4, 0.5) is 4.39 Å². The van der Waals surface area contributed by atoms with Crippen LogP contribution < -0.4 is 4.74 Å². The van der Waals surface area contributed by atoms with Crippen LogP contribution in [0.5, 0.6) is 5.75 Å². The van der Waals surface area contributed by atoms with E-state index in [1.54, 1.807) is 36.4 Å². The molecule has 0 radical (unpaired) electrons. The molecular weight excluding hydrogens is 231 g/mol. The Hall–Kier alpha value is -2.42. The minimum atomic E-state index is -0.445. The molecule has 0 atom stereocenters. The number of benzene rings is 2. The number of ether oxygens (including phenoxy) is 1. The molecule has 2 aromatic rings. The summed E-state index contributed by atoms with van der Waals surface area (Å²) in [6, 6.07) is 13.4. The summed E-state index contributed by atoms with van der Waals surface area (Å²) in [5.74, 6) is -0.285. The van der Waals surface area contributed by atoms with Gasteiger partial charge >= 0.3 is 5.97 Å². The summed E-state index contributed by atoms with van der Waals surface area (Å²) in [5, 5.41) is 0. The minimum absolute atomic E-state index is 0.359. The van der Waals surface area contributed by atoms with E-state index in [-0.39, 0.29) is 5.82 Å². The van der Waals surface area contributed by atoms with Gasteiger partial charge in [-0.15, -0.1) is 0 Å². The molecule has 0 saturated carbocycles. The lowest BCUT2D eigenvalue weighted by Crippen LogP contribution is -2.00. The van der Waals surface area contributed by atoms with Crippen molar-refractivity contribution in [2.24, 2.45) is 0 Å². The summed E-state index contributed by atoms with van der Waals surface area (Å²) in [7, 11) is 0. The summed E-state index contributed by atoms with van der Waals surface area (Å²) in [6.07, 6.45) is 1.52. The van der Waals surface area contributed by atoms with Crippen molar-refractivity contribution in [2.45, 2.75) is 0 Å². The fourth-order valence-electron chi connectivity index (χ4n) is 1.93. The molecule has 0 unspecified atom stereocenters. The van der Waals surface area contributed by atoms with Gasteiger partial charge in [0.1, 0.15) is 11.6 Å². The minimum Gasteiger partial charge on any atom is -0.422 e. The highest BCUT2D eigenvalue weighted by molar-refractivity contribution is 6.25. The molecule has 88 valence electrons. The molecule has 3 rings (SSSR count). The van der Waals surface area contributed by atoms with Crippen LogP contribution in [-0.2, 0) is 4.79 Å². The maximum atomic E-state index is 13.5. The Kier molecular flexibility index (Phi) is 2.45. The van der Waals surface area contributed by atoms with Crippen molar-refractivity contribution in [3.63, 3.8) is 0 Å². The van der Waals surface area contributed by atoms with E-state index >= 15 is 0 Å². The summed E-state index contributed by atoms with van der Waals surface area (Å²) in [6.45, 7) is 0. The van der Waals surface area contributed by atoms with Crippen LogP contribution >= 0.6 is 0 Å². The second-order valence-corrected chi connectivity index (χ2v) is 3.97. The van der Waals surface area contributed by atoms with Gasteiger partial charge < -0.3 is 4.74 Å². The third-order valence-corrected chi connectivity index (χ3v) is 2.80. The predicted molar refractivity (Wildman–Crippen MR) is 66.3 cm³/mol. The molecule has 0 aliphatic carbocycles. The Morgan fingerprint density at radius 1 is 1.00 bits per heavy atom. The van der Waals surface area contributed by atoms with Gasteiger partial charge in [0.15, 0.2) is 0 Å². The molecule has 0 bridgehead atoms. The van der Waals surface area contributed by atoms with Crippen molar-refractivity contribution in [1.29, 1.82) is 0 Å². The number of hydrogen-bond acceptors (Lipinski definition) is 2. The fourth-order valence-corrected chi connectivity index (χ4v) is 1.93. The maximum Gasteiger partial charge on any atom is 0.344 e. The van der Waals surface area contributed by atoms with E-state index in [4.69, 9.17) is 4.74 Å². The molecule has 0 amide bonds. The first-order chi connectivity index (χ1) is 8.75. The Morgan fingerprint density at radius 3 is 2.56 bits per heavy atom. The SMILES string of the molecule is O=C1Oc2ccccc2/C1=C/c1ccccc1F. The fraction of sp³-hybridized carbons (Fsp3) is 0. The lowest BCUT2D eigenvalue weighted by atomic mass is 10.0. The highest BCUT2D eigenvalue weighted by Gasteiger charge is 2.26. The van der Waals surface area contributed by atoms with Crippen molar-refractivity contribution in [2.75, 3.05) is 0 Å². The maximum absolute atomic E-state index is 13.5. The van der Waals surface area contributed by atoms with Crippen molar-refractivity contribution in [3.05, 3.63) is 65.5 Å². The molecule has 0 spiro atoms. The molecule has 0 aromatic heterocycles. The number of halogens is 1. The molecule has 2 aromatic carbocycles. The normalized spacial score (nSPS) is 15.6. The van der Waals surface area contributed by atoms with Crippen molar-refractivity contribution < 1.29 is 13.9 Å². The van der Waals surface area contributed by atoms with E-state index in [9.17, 15) is 9.18 Å². The lowest BCUT2D eigenvalue weighted by Gasteiger charge is -1.98. The Labute approximate surface area is 103 Å². The van der Waals surface area contributed by atoms with E-state index in [0.717, 1.165) is 0 Å². The van der Waals surface area contributed by atoms with Gasteiger partial charge in [0.2, 0.25) is 0 Å². The van der Waals surface area contributed by atoms with Gasteiger partial charge in [0, 0.05) is 11.1 Å². The average molecular weight is 240 g/mol. The van der Waals surface area contributed by atoms with Crippen LogP contribution in [0.25, 0.3) is 11.6 Å². The molecular formula is C15H9FO2. The van der Waals surface area contributed by atoms with Gasteiger partial charge in [-0.2, -0.15) is 0 Å². The molecule has 1 aliphatic rings. The van der Waals surface area contributed by atoms with Crippen LogP contribution in [0.15, 0.2) is 48.5 Å². The molecule has 18 heavy (non-hydrogen) atoms. The van der Waals surface area contributed by atoms with E-state index < -0.39 is 5.97 Å². The van der Waals surface area contributed by atoms with E-state index in [1.165, 1.54) is 12.1 Å². The van der Waals surface area contributed by atoms with Gasteiger partial charge in [-0.3, -0.25) is 0 Å². The van der Waals surface area contributed by atoms with Crippen molar-refractivity contribution in [1.82, 2.24) is 0 Å². The monoisotopic (exact) mass is 240 g/mol. The Balaban J connectivity index is 2.13. The van der Waals surface area contributed by atoms with E-state index in [2.05, 4.69) is 0 Å². The third kappa shape index (κ3) is 1.70. The second-order valence-electron chi connectivity index (χ2n) is 3.97. The van der Waals surface area contributed by atoms with Crippen molar-refractivity contribution >= 4 is 17.6 Å². The topological polar surface area (TPSA) is 26.3 Å². The number of carbonyl (C=O) groups excluding carboxylic acids is 1. The summed E-state index contributed by atoms with van der Waals surface area (Å²) >= 11 is 0. The molecule has 0 fully saturated rings. The third-order valence-electron chi connectivity index (χ3n) is 2.80. The Morgan fingerprint density at radius 2 is 1.72 bits per heavy atom. The summed E-state index contributed by atoms with van der Waals surface area (Å²) in [5.41, 5.74) is 1.46. The van der Waals surface area contributed by atoms with Crippen LogP contribution in [0.1, 0.15) is 11.1 Å². The number of para-hydroxylation sites is 1. The molecule has 1 heterocycles. The first kappa shape index (κ1) is 10.7. The van der Waals surface area contributed by atoms with Crippen molar-refractivity contribution in [3.8, 4) is 5.75 Å². The predicted octanol–water partition coefficient (Wildman–Crippen LogP) is 3.29. The molecule has 0 saturated heterocycles. The number of carbonyl (C=O) groups is 1. The molecule has 3 heteroatoms. The quantitative estimate of drug-likeness (QED) is 0.434. The van der Waals surface area contributed by atoms with E-state index in [0.29, 0.717) is 22.4 Å². The largest absolute Gasteiger partial charge is 0.422 e. The van der Waals surface area contributed by atoms with Crippen LogP contribution in [0.3, 0.4) is 0 Å². The number of rotatable bonds is 1. The first-order valence-electron chi connectivity index (χ1n) is 5.53. The van der Waals surface area contributed by atoms with Gasteiger partial charge in [-0.1, -0.05) is 36.4 Å². The van der Waals surface area contributed by atoms with Crippen LogP contribution in [0.2, 0.25) is 0 Å². The molecule has 0 N–H and O–H groups in total. The second kappa shape index (κ2) is 4.11. The van der Waals surface area contributed by atoms with E-state index in [1.807, 2.05) is 6.07 Å². The summed E-state index contributed by atoms with van der Waals surface area (Å²) in [4.78, 5) is 11.7. The highest BCUT2D eigenvalue weighted by atomic mass is 19.1. The zero-order valence-corrected chi connectivity index (χ0v) is 9.39. The standard InChI is InChI=1S/C15H9FO2/c16-13-7-3-1-5-10(13)9-12-11-6-2-4-8-14(11)18-15(12)17/h1-9H/b12-9-. The van der Waals surface area contributed by atoms with Gasteiger partial charge in [0.25, 0.3) is 0 Å². The van der Waals surface area contributed by atoms with Gasteiger partial charge in [0.05, 0.1) is 5.57 Å². The van der Waals surface area contributed by atoms with Gasteiger partial charge in [-0.05, 0) is 18.2 Å².